The lowest BCUT2D eigenvalue weighted by atomic mass is 10.1. The molecule has 0 radical (unpaired) electrons. The lowest BCUT2D eigenvalue weighted by molar-refractivity contribution is 0.881. The molecular weight excluding hydrogens is 206 g/mol. The van der Waals surface area contributed by atoms with Crippen molar-refractivity contribution >= 4 is 16.6 Å². The van der Waals surface area contributed by atoms with Gasteiger partial charge in [0.15, 0.2) is 5.65 Å². The fraction of sp³-hybridized carbons (Fsp3) is 0. The SMILES string of the molecule is N#Cc1cccc2[nH]c(=O)n3ncnc3c12. The van der Waals surface area contributed by atoms with Crippen LogP contribution >= 0.6 is 0 Å². The van der Waals surface area contributed by atoms with Gasteiger partial charge in [0.1, 0.15) is 6.33 Å². The highest BCUT2D eigenvalue weighted by Gasteiger charge is 2.09. The molecule has 0 aliphatic heterocycles. The van der Waals surface area contributed by atoms with Gasteiger partial charge in [-0.25, -0.2) is 9.78 Å². The molecule has 0 spiro atoms. The molecule has 0 saturated carbocycles. The Balaban J connectivity index is 2.73. The zero-order chi connectivity index (χ0) is 11.1. The van der Waals surface area contributed by atoms with Crippen LogP contribution in [0.5, 0.6) is 0 Å². The Kier molecular flexibility index (Phi) is 1.56. The fourth-order valence-electron chi connectivity index (χ4n) is 1.72. The highest BCUT2D eigenvalue weighted by atomic mass is 16.1. The number of hydrogen-bond donors (Lipinski definition) is 1. The molecule has 0 bridgehead atoms. The Morgan fingerprint density at radius 2 is 2.31 bits per heavy atom. The minimum absolute atomic E-state index is 0.366. The fourth-order valence-corrected chi connectivity index (χ4v) is 1.72. The van der Waals surface area contributed by atoms with Crippen LogP contribution in [0.25, 0.3) is 16.6 Å². The van der Waals surface area contributed by atoms with Crippen molar-refractivity contribution in [3.8, 4) is 6.07 Å². The standard InChI is InChI=1S/C10H5N5O/c11-4-6-2-1-3-7-8(6)9-12-5-13-15(9)10(16)14-7/h1-3,5H,(H,14,16). The zero-order valence-electron chi connectivity index (χ0n) is 8.01. The van der Waals surface area contributed by atoms with Gasteiger partial charge in [-0.1, -0.05) is 6.07 Å². The van der Waals surface area contributed by atoms with Gasteiger partial charge < -0.3 is 4.98 Å². The third kappa shape index (κ3) is 0.966. The number of hydrogen-bond acceptors (Lipinski definition) is 4. The number of aromatic amines is 1. The molecule has 2 heterocycles. The Morgan fingerprint density at radius 3 is 3.12 bits per heavy atom. The molecule has 76 valence electrons. The van der Waals surface area contributed by atoms with Crippen LogP contribution in [0.1, 0.15) is 5.56 Å². The van der Waals surface area contributed by atoms with Gasteiger partial charge >= 0.3 is 5.69 Å². The first-order chi connectivity index (χ1) is 7.81. The first-order valence-corrected chi connectivity index (χ1v) is 4.56. The molecule has 0 fully saturated rings. The van der Waals surface area contributed by atoms with E-state index in [1.165, 1.54) is 6.33 Å². The molecule has 1 aromatic carbocycles. The van der Waals surface area contributed by atoms with Crippen LogP contribution in [0.2, 0.25) is 0 Å². The average Bonchev–Trinajstić information content (AvgIpc) is 2.77. The van der Waals surface area contributed by atoms with Crippen LogP contribution < -0.4 is 5.69 Å². The molecule has 6 heteroatoms. The van der Waals surface area contributed by atoms with E-state index >= 15 is 0 Å². The van der Waals surface area contributed by atoms with Crippen molar-refractivity contribution in [2.45, 2.75) is 0 Å². The van der Waals surface area contributed by atoms with Gasteiger partial charge in [0, 0.05) is 0 Å². The summed E-state index contributed by atoms with van der Waals surface area (Å²) in [5.74, 6) is 0. The normalized spacial score (nSPS) is 10.7. The number of fused-ring (bicyclic) bond motifs is 3. The van der Waals surface area contributed by atoms with Crippen LogP contribution in [-0.2, 0) is 0 Å². The second-order valence-electron chi connectivity index (χ2n) is 3.27. The van der Waals surface area contributed by atoms with E-state index in [1.807, 2.05) is 0 Å². The van der Waals surface area contributed by atoms with E-state index < -0.39 is 0 Å². The Hall–Kier alpha value is -2.68. The molecule has 1 N–H and O–H groups in total. The molecule has 0 atom stereocenters. The third-order valence-corrected chi connectivity index (χ3v) is 2.39. The molecule has 0 unspecified atom stereocenters. The van der Waals surface area contributed by atoms with Crippen LogP contribution in [0.3, 0.4) is 0 Å². The second-order valence-corrected chi connectivity index (χ2v) is 3.27. The van der Waals surface area contributed by atoms with E-state index in [2.05, 4.69) is 21.1 Å². The maximum atomic E-state index is 11.6. The predicted octanol–water partition coefficient (Wildman–Crippen LogP) is 0.442. The molecule has 0 aliphatic rings. The van der Waals surface area contributed by atoms with E-state index in [4.69, 9.17) is 5.26 Å². The quantitative estimate of drug-likeness (QED) is 0.584. The van der Waals surface area contributed by atoms with Gasteiger partial charge in [-0.05, 0) is 12.1 Å². The summed E-state index contributed by atoms with van der Waals surface area (Å²) in [6.45, 7) is 0. The van der Waals surface area contributed by atoms with E-state index in [-0.39, 0.29) is 5.69 Å². The van der Waals surface area contributed by atoms with Crippen LogP contribution in [0, 0.1) is 11.3 Å². The molecule has 3 aromatic rings. The zero-order valence-corrected chi connectivity index (χ0v) is 8.01. The maximum absolute atomic E-state index is 11.6. The first kappa shape index (κ1) is 8.61. The summed E-state index contributed by atoms with van der Waals surface area (Å²) in [5, 5.41) is 13.4. The molecule has 3 rings (SSSR count). The minimum atomic E-state index is -0.366. The Morgan fingerprint density at radius 1 is 1.44 bits per heavy atom. The monoisotopic (exact) mass is 211 g/mol. The topological polar surface area (TPSA) is 86.8 Å². The summed E-state index contributed by atoms with van der Waals surface area (Å²) in [7, 11) is 0. The number of nitrogens with one attached hydrogen (secondary N) is 1. The van der Waals surface area contributed by atoms with Gasteiger partial charge in [0.05, 0.1) is 22.5 Å². The summed E-state index contributed by atoms with van der Waals surface area (Å²) in [6, 6.07) is 7.18. The van der Waals surface area contributed by atoms with Crippen molar-refractivity contribution in [2.75, 3.05) is 0 Å². The van der Waals surface area contributed by atoms with Crippen LogP contribution in [0.15, 0.2) is 29.3 Å². The van der Waals surface area contributed by atoms with Gasteiger partial charge in [0.2, 0.25) is 0 Å². The summed E-state index contributed by atoms with van der Waals surface area (Å²) < 4.78 is 1.14. The molecular formula is C10H5N5O. The molecule has 0 saturated heterocycles. The van der Waals surface area contributed by atoms with Gasteiger partial charge in [-0.15, -0.1) is 0 Å². The Labute approximate surface area is 88.8 Å². The lowest BCUT2D eigenvalue weighted by Crippen LogP contribution is -2.17. The van der Waals surface area contributed by atoms with Crippen LogP contribution in [-0.4, -0.2) is 19.6 Å². The molecule has 0 aliphatic carbocycles. The van der Waals surface area contributed by atoms with E-state index in [9.17, 15) is 4.79 Å². The molecule has 0 amide bonds. The van der Waals surface area contributed by atoms with Crippen molar-refractivity contribution < 1.29 is 0 Å². The highest BCUT2D eigenvalue weighted by Crippen LogP contribution is 2.18. The van der Waals surface area contributed by atoms with E-state index in [1.54, 1.807) is 18.2 Å². The number of rotatable bonds is 0. The number of benzene rings is 1. The van der Waals surface area contributed by atoms with Gasteiger partial charge in [-0.3, -0.25) is 0 Å². The van der Waals surface area contributed by atoms with Gasteiger partial charge in [-0.2, -0.15) is 14.9 Å². The maximum Gasteiger partial charge on any atom is 0.348 e. The first-order valence-electron chi connectivity index (χ1n) is 4.56. The van der Waals surface area contributed by atoms with Crippen molar-refractivity contribution in [2.24, 2.45) is 0 Å². The van der Waals surface area contributed by atoms with Crippen molar-refractivity contribution in [3.05, 3.63) is 40.6 Å². The van der Waals surface area contributed by atoms with Crippen molar-refractivity contribution in [1.82, 2.24) is 19.6 Å². The largest absolute Gasteiger partial charge is 0.348 e. The smallest absolute Gasteiger partial charge is 0.305 e. The molecule has 2 aromatic heterocycles. The van der Waals surface area contributed by atoms with Crippen molar-refractivity contribution in [3.63, 3.8) is 0 Å². The van der Waals surface area contributed by atoms with E-state index in [0.717, 1.165) is 4.52 Å². The predicted molar refractivity (Wildman–Crippen MR) is 55.8 cm³/mol. The summed E-state index contributed by atoms with van der Waals surface area (Å²) >= 11 is 0. The lowest BCUT2D eigenvalue weighted by Gasteiger charge is -2.00. The summed E-state index contributed by atoms with van der Waals surface area (Å²) in [5.41, 5.74) is 1.09. The summed E-state index contributed by atoms with van der Waals surface area (Å²) in [4.78, 5) is 18.2. The Bertz CT molecular complexity index is 792. The highest BCUT2D eigenvalue weighted by molar-refractivity contribution is 5.95. The van der Waals surface area contributed by atoms with Crippen molar-refractivity contribution in [1.29, 1.82) is 5.26 Å². The van der Waals surface area contributed by atoms with Gasteiger partial charge in [0.25, 0.3) is 0 Å². The molecule has 6 nitrogen and oxygen atoms in total. The number of aromatic nitrogens is 4. The number of nitriles is 1. The number of nitrogens with zero attached hydrogens (tertiary/aromatic N) is 4. The summed E-state index contributed by atoms with van der Waals surface area (Å²) in [6.07, 6.45) is 1.29. The van der Waals surface area contributed by atoms with E-state index in [0.29, 0.717) is 22.1 Å². The average molecular weight is 211 g/mol. The third-order valence-electron chi connectivity index (χ3n) is 2.39. The van der Waals surface area contributed by atoms with Crippen LogP contribution in [0.4, 0.5) is 0 Å². The number of H-pyrrole nitrogens is 1. The molecule has 16 heavy (non-hydrogen) atoms. The minimum Gasteiger partial charge on any atom is -0.305 e. The second kappa shape index (κ2) is 2.90.